The number of nitrogens with one attached hydrogen (secondary N) is 1. The molecule has 62 valence electrons. The number of ether oxygens (including phenoxy) is 1. The second-order valence-corrected chi connectivity index (χ2v) is 2.24. The van der Waals surface area contributed by atoms with Gasteiger partial charge in [0.2, 0.25) is 0 Å². The quantitative estimate of drug-likeness (QED) is 0.598. The molecule has 4 heteroatoms. The van der Waals surface area contributed by atoms with E-state index >= 15 is 0 Å². The monoisotopic (exact) mass is 167 g/mol. The maximum atomic E-state index is 8.52. The van der Waals surface area contributed by atoms with Crippen LogP contribution in [-0.2, 0) is 4.74 Å². The fraction of sp³-hybridized carbons (Fsp3) is 1.00. The summed E-state index contributed by atoms with van der Waals surface area (Å²) in [5, 5.41) is 11.8. The van der Waals surface area contributed by atoms with E-state index in [-0.39, 0.29) is 19.0 Å². The van der Waals surface area contributed by atoms with Gasteiger partial charge in [0, 0.05) is 19.2 Å². The summed E-state index contributed by atoms with van der Waals surface area (Å²) in [5.74, 6) is 0. The Kier molecular flexibility index (Phi) is 6.02. The van der Waals surface area contributed by atoms with Crippen LogP contribution in [0, 0.1) is 0 Å². The third-order valence-corrected chi connectivity index (χ3v) is 1.48. The van der Waals surface area contributed by atoms with Crippen LogP contribution in [-0.4, -0.2) is 37.5 Å². The summed E-state index contributed by atoms with van der Waals surface area (Å²) < 4.78 is 5.16. The molecule has 1 atom stereocenters. The Bertz CT molecular complexity index is 73.4. The molecular formula is C6H14ClNO2. The highest BCUT2D eigenvalue weighted by Crippen LogP contribution is 1.95. The van der Waals surface area contributed by atoms with Gasteiger partial charge in [-0.2, -0.15) is 0 Å². The molecule has 1 rings (SSSR count). The molecule has 0 aliphatic carbocycles. The smallest absolute Gasteiger partial charge is 0.0621 e. The van der Waals surface area contributed by atoms with Crippen molar-refractivity contribution >= 4 is 12.4 Å². The Morgan fingerprint density at radius 2 is 2.40 bits per heavy atom. The molecule has 0 bridgehead atoms. The lowest BCUT2D eigenvalue weighted by Gasteiger charge is -2.22. The molecular weight excluding hydrogens is 154 g/mol. The SMILES string of the molecule is Cl.OCCC1COCCN1. The van der Waals surface area contributed by atoms with Gasteiger partial charge in [0.1, 0.15) is 0 Å². The molecule has 1 fully saturated rings. The van der Waals surface area contributed by atoms with Gasteiger partial charge in [-0.3, -0.25) is 0 Å². The van der Waals surface area contributed by atoms with Crippen LogP contribution in [0.3, 0.4) is 0 Å². The van der Waals surface area contributed by atoms with Crippen LogP contribution in [0.1, 0.15) is 6.42 Å². The van der Waals surface area contributed by atoms with Gasteiger partial charge in [-0.05, 0) is 6.42 Å². The molecule has 2 N–H and O–H groups in total. The highest BCUT2D eigenvalue weighted by Gasteiger charge is 2.10. The van der Waals surface area contributed by atoms with Crippen LogP contribution in [0.2, 0.25) is 0 Å². The van der Waals surface area contributed by atoms with Crippen LogP contribution in [0.4, 0.5) is 0 Å². The fourth-order valence-electron chi connectivity index (χ4n) is 0.961. The second-order valence-electron chi connectivity index (χ2n) is 2.24. The van der Waals surface area contributed by atoms with Crippen molar-refractivity contribution < 1.29 is 9.84 Å². The Labute approximate surface area is 67.2 Å². The lowest BCUT2D eigenvalue weighted by atomic mass is 10.2. The van der Waals surface area contributed by atoms with Crippen LogP contribution < -0.4 is 5.32 Å². The number of aliphatic hydroxyl groups is 1. The number of halogens is 1. The van der Waals surface area contributed by atoms with Gasteiger partial charge in [-0.25, -0.2) is 0 Å². The van der Waals surface area contributed by atoms with Crippen molar-refractivity contribution in [2.24, 2.45) is 0 Å². The Morgan fingerprint density at radius 3 is 2.90 bits per heavy atom. The standard InChI is InChI=1S/C6H13NO2.ClH/c8-3-1-6-5-9-4-2-7-6;/h6-8H,1-5H2;1H. The number of aliphatic hydroxyl groups excluding tert-OH is 1. The minimum absolute atomic E-state index is 0. The molecule has 1 aliphatic heterocycles. The van der Waals surface area contributed by atoms with Crippen LogP contribution in [0.5, 0.6) is 0 Å². The maximum Gasteiger partial charge on any atom is 0.0621 e. The minimum atomic E-state index is 0. The first-order valence-electron chi connectivity index (χ1n) is 3.35. The fourth-order valence-corrected chi connectivity index (χ4v) is 0.961. The van der Waals surface area contributed by atoms with Gasteiger partial charge in [0.15, 0.2) is 0 Å². The lowest BCUT2D eigenvalue weighted by molar-refractivity contribution is 0.0677. The van der Waals surface area contributed by atoms with Gasteiger partial charge in [0.05, 0.1) is 13.2 Å². The third kappa shape index (κ3) is 3.37. The van der Waals surface area contributed by atoms with Crippen LogP contribution in [0.15, 0.2) is 0 Å². The molecule has 1 saturated heterocycles. The van der Waals surface area contributed by atoms with Crippen LogP contribution >= 0.6 is 12.4 Å². The van der Waals surface area contributed by atoms with Gasteiger partial charge in [0.25, 0.3) is 0 Å². The Balaban J connectivity index is 0.000000810. The summed E-state index contributed by atoms with van der Waals surface area (Å²) >= 11 is 0. The van der Waals surface area contributed by atoms with Crippen molar-refractivity contribution in [2.75, 3.05) is 26.4 Å². The summed E-state index contributed by atoms with van der Waals surface area (Å²) in [5.41, 5.74) is 0. The minimum Gasteiger partial charge on any atom is -0.396 e. The topological polar surface area (TPSA) is 41.5 Å². The molecule has 0 aromatic rings. The molecule has 0 spiro atoms. The van der Waals surface area contributed by atoms with Crippen molar-refractivity contribution in [3.63, 3.8) is 0 Å². The van der Waals surface area contributed by atoms with Crippen molar-refractivity contribution in [1.29, 1.82) is 0 Å². The first-order chi connectivity index (χ1) is 4.43. The molecule has 0 amide bonds. The summed E-state index contributed by atoms with van der Waals surface area (Å²) in [6.45, 7) is 2.73. The van der Waals surface area contributed by atoms with Crippen molar-refractivity contribution in [2.45, 2.75) is 12.5 Å². The number of morpholine rings is 1. The van der Waals surface area contributed by atoms with Gasteiger partial charge in [-0.15, -0.1) is 12.4 Å². The normalized spacial score (nSPS) is 25.5. The van der Waals surface area contributed by atoms with E-state index in [1.165, 1.54) is 0 Å². The Hall–Kier alpha value is 0.170. The molecule has 0 radical (unpaired) electrons. The van der Waals surface area contributed by atoms with Crippen molar-refractivity contribution in [1.82, 2.24) is 5.32 Å². The number of rotatable bonds is 2. The van der Waals surface area contributed by atoms with E-state index < -0.39 is 0 Å². The van der Waals surface area contributed by atoms with E-state index in [9.17, 15) is 0 Å². The zero-order chi connectivity index (χ0) is 6.53. The van der Waals surface area contributed by atoms with E-state index in [1.54, 1.807) is 0 Å². The van der Waals surface area contributed by atoms with Gasteiger partial charge < -0.3 is 15.2 Å². The number of hydrogen-bond donors (Lipinski definition) is 2. The average Bonchev–Trinajstić information content (AvgIpc) is 1.91. The summed E-state index contributed by atoms with van der Waals surface area (Å²) in [6, 6.07) is 0.378. The van der Waals surface area contributed by atoms with Gasteiger partial charge in [-0.1, -0.05) is 0 Å². The van der Waals surface area contributed by atoms with Crippen molar-refractivity contribution in [3.8, 4) is 0 Å². The molecule has 0 aromatic heterocycles. The molecule has 0 saturated carbocycles. The van der Waals surface area contributed by atoms with E-state index in [0.29, 0.717) is 6.04 Å². The molecule has 3 nitrogen and oxygen atoms in total. The van der Waals surface area contributed by atoms with Crippen LogP contribution in [0.25, 0.3) is 0 Å². The first kappa shape index (κ1) is 10.2. The third-order valence-electron chi connectivity index (χ3n) is 1.48. The largest absolute Gasteiger partial charge is 0.396 e. The molecule has 0 aromatic carbocycles. The second kappa shape index (κ2) is 5.92. The summed E-state index contributed by atoms with van der Waals surface area (Å²) in [7, 11) is 0. The summed E-state index contributed by atoms with van der Waals surface area (Å²) in [6.07, 6.45) is 0.806. The zero-order valence-electron chi connectivity index (χ0n) is 5.88. The lowest BCUT2D eigenvalue weighted by Crippen LogP contribution is -2.41. The Morgan fingerprint density at radius 1 is 1.60 bits per heavy atom. The van der Waals surface area contributed by atoms with E-state index in [4.69, 9.17) is 9.84 Å². The predicted octanol–water partition coefficient (Wildman–Crippen LogP) is -0.221. The van der Waals surface area contributed by atoms with Crippen molar-refractivity contribution in [3.05, 3.63) is 0 Å². The molecule has 1 heterocycles. The van der Waals surface area contributed by atoms with E-state index in [0.717, 1.165) is 26.2 Å². The van der Waals surface area contributed by atoms with Gasteiger partial charge >= 0.3 is 0 Å². The number of hydrogen-bond acceptors (Lipinski definition) is 3. The summed E-state index contributed by atoms with van der Waals surface area (Å²) in [4.78, 5) is 0. The van der Waals surface area contributed by atoms with E-state index in [1.807, 2.05) is 0 Å². The molecule has 10 heavy (non-hydrogen) atoms. The maximum absolute atomic E-state index is 8.52. The first-order valence-corrected chi connectivity index (χ1v) is 3.35. The molecule has 1 aliphatic rings. The average molecular weight is 168 g/mol. The predicted molar refractivity (Wildman–Crippen MR) is 41.6 cm³/mol. The highest BCUT2D eigenvalue weighted by atomic mass is 35.5. The zero-order valence-corrected chi connectivity index (χ0v) is 6.69. The highest BCUT2D eigenvalue weighted by molar-refractivity contribution is 5.85. The molecule has 1 unspecified atom stereocenters. The van der Waals surface area contributed by atoms with E-state index in [2.05, 4.69) is 5.32 Å².